The molecule has 0 aliphatic heterocycles. The van der Waals surface area contributed by atoms with Crippen molar-refractivity contribution in [3.8, 4) is 11.5 Å². The number of nitrogens with two attached hydrogens (primary N) is 1. The van der Waals surface area contributed by atoms with Crippen LogP contribution in [0.3, 0.4) is 0 Å². The van der Waals surface area contributed by atoms with E-state index in [1.54, 1.807) is 26.0 Å². The molecule has 12 N–H and O–H groups in total. The monoisotopic (exact) mass is 822 g/mol. The second-order valence-corrected chi connectivity index (χ2v) is 12.7. The highest BCUT2D eigenvalue weighted by Gasteiger charge is 2.26. The molecule has 0 aliphatic carbocycles. The number of aliphatic hydroxyl groups excluding tert-OH is 2. The van der Waals surface area contributed by atoms with Crippen LogP contribution in [0.5, 0.6) is 11.5 Å². The second kappa shape index (κ2) is 22.1. The van der Waals surface area contributed by atoms with Gasteiger partial charge in [-0.05, 0) is 99.5 Å². The van der Waals surface area contributed by atoms with Gasteiger partial charge in [0.2, 0.25) is 11.4 Å². The molecule has 0 unspecified atom stereocenters. The number of nitrogen functional groups attached to an aromatic ring is 1. The molecular weight excluding hydrogens is 783 g/mol. The van der Waals surface area contributed by atoms with Gasteiger partial charge < -0.3 is 36.2 Å². The predicted molar refractivity (Wildman–Crippen MR) is 214 cm³/mol. The van der Waals surface area contributed by atoms with Crippen molar-refractivity contribution >= 4 is 69.6 Å². The number of hydrogen-bond acceptors (Lipinski definition) is 11. The zero-order valence-electron chi connectivity index (χ0n) is 30.8. The van der Waals surface area contributed by atoms with Crippen LogP contribution < -0.4 is 32.8 Å². The van der Waals surface area contributed by atoms with E-state index in [2.05, 4.69) is 31.2 Å². The number of hydrogen-bond donors (Lipinski definition) is 11. The number of carbonyl (C=O) groups is 4. The zero-order chi connectivity index (χ0) is 43.0. The average molecular weight is 824 g/mol. The molecule has 0 heterocycles. The van der Waals surface area contributed by atoms with Crippen molar-refractivity contribution in [1.29, 1.82) is 0 Å². The Hall–Kier alpha value is -6.60. The number of amides is 3. The minimum absolute atomic E-state index is 0.0113. The lowest BCUT2D eigenvalue weighted by Crippen LogP contribution is -2.52. The summed E-state index contributed by atoms with van der Waals surface area (Å²) in [6.07, 6.45) is -2.15. The molecule has 3 amide bonds. The van der Waals surface area contributed by atoms with Crippen molar-refractivity contribution in [3.05, 3.63) is 128 Å². The lowest BCUT2D eigenvalue weighted by atomic mass is 10.1. The number of carboxylic acid groups (broad SMARTS) is 1. The van der Waals surface area contributed by atoms with E-state index in [4.69, 9.17) is 52.4 Å². The molecule has 4 aromatic rings. The van der Waals surface area contributed by atoms with Crippen molar-refractivity contribution in [3.63, 3.8) is 0 Å². The predicted octanol–water partition coefficient (Wildman–Crippen LogP) is 4.97. The summed E-state index contributed by atoms with van der Waals surface area (Å²) in [6.45, 7) is 20.2. The number of nitrogens with zero attached hydrogens (tertiary/aromatic N) is 2. The first-order chi connectivity index (χ1) is 26.9. The highest BCUT2D eigenvalue weighted by atomic mass is 35.5. The largest absolute Gasteiger partial charge is 0.508 e. The average Bonchev–Trinajstić information content (AvgIpc) is 3.18. The summed E-state index contributed by atoms with van der Waals surface area (Å²) in [5.41, 5.74) is 9.82. The van der Waals surface area contributed by atoms with E-state index in [9.17, 15) is 34.5 Å². The first-order valence-corrected chi connectivity index (χ1v) is 17.3. The SMILES string of the molecule is NNC(=O)c1ccc(O)cc1.[C-]#[N+]c1ccc(N[C@@H](C(=O)NNC(=O)c2ccc(O)cc2)[C@H](C)O)c(C)c1Cl.[C-]#[N+]c1ccc(N[C@@H](C(=O)O)[C@H](C)O)c(C)c1Cl. The number of aliphatic carboxylic acids is 1. The van der Waals surface area contributed by atoms with Crippen molar-refractivity contribution in [2.24, 2.45) is 5.84 Å². The number of anilines is 2. The van der Waals surface area contributed by atoms with Gasteiger partial charge in [0.1, 0.15) is 17.5 Å². The molecule has 0 bridgehead atoms. The van der Waals surface area contributed by atoms with Gasteiger partial charge in [-0.15, -0.1) is 0 Å². The molecule has 0 spiro atoms. The molecule has 0 saturated heterocycles. The number of halogens is 2. The molecule has 0 fully saturated rings. The highest BCUT2D eigenvalue weighted by Crippen LogP contribution is 2.34. The number of hydrazine groups is 2. The van der Waals surface area contributed by atoms with Crippen LogP contribution in [0.4, 0.5) is 22.7 Å². The van der Waals surface area contributed by atoms with Gasteiger partial charge in [-0.1, -0.05) is 35.3 Å². The normalized spacial score (nSPS) is 12.1. The van der Waals surface area contributed by atoms with E-state index in [0.29, 0.717) is 33.8 Å². The Balaban J connectivity index is 0.000000329. The van der Waals surface area contributed by atoms with Gasteiger partial charge in [-0.3, -0.25) is 30.7 Å². The van der Waals surface area contributed by atoms with E-state index in [0.717, 1.165) is 0 Å². The Bertz CT molecular complexity index is 2140. The van der Waals surface area contributed by atoms with Gasteiger partial charge in [-0.25, -0.2) is 20.3 Å². The highest BCUT2D eigenvalue weighted by molar-refractivity contribution is 6.35. The molecule has 4 rings (SSSR count). The standard InChI is InChI=1S/C19H19ClN4O4.C12H13ClN2O3.C7H8N2O2/c1-10-14(8-9-15(21-3)16(10)20)22-17(11(2)25)19(28)24-23-18(27)12-4-6-13(26)7-5-12;1-6-8(4-5-9(14-3)10(6)13)15-11(7(2)16)12(17)18;8-9-7(11)5-1-3-6(10)4-2-5/h4-9,11,17,22,25-26H,1-2H3,(H,23,27)(H,24,28);4-5,7,11,15-16H,1-2H3,(H,17,18);1-4,10H,8H2,(H,9,11)/t11-,17+;7-,11+;/m00./s1. The van der Waals surface area contributed by atoms with Crippen molar-refractivity contribution in [2.75, 3.05) is 10.6 Å². The number of aliphatic hydroxyl groups is 2. The van der Waals surface area contributed by atoms with E-state index < -0.39 is 42.1 Å². The summed E-state index contributed by atoms with van der Waals surface area (Å²) in [4.78, 5) is 52.8. The molecule has 4 aromatic carbocycles. The zero-order valence-corrected chi connectivity index (χ0v) is 32.3. The minimum Gasteiger partial charge on any atom is -0.508 e. The van der Waals surface area contributed by atoms with Crippen LogP contribution in [-0.2, 0) is 9.59 Å². The molecule has 17 nitrogen and oxygen atoms in total. The maximum absolute atomic E-state index is 12.4. The quantitative estimate of drug-likeness (QED) is 0.0439. The third-order valence-corrected chi connectivity index (χ3v) is 8.75. The topological polar surface area (TPSA) is 264 Å². The maximum Gasteiger partial charge on any atom is 0.328 e. The van der Waals surface area contributed by atoms with Gasteiger partial charge >= 0.3 is 5.97 Å². The lowest BCUT2D eigenvalue weighted by Gasteiger charge is -2.23. The number of benzene rings is 4. The van der Waals surface area contributed by atoms with Gasteiger partial charge in [0, 0.05) is 22.5 Å². The first kappa shape index (κ1) is 46.6. The van der Waals surface area contributed by atoms with Gasteiger partial charge in [0.05, 0.1) is 35.4 Å². The number of phenolic OH excluding ortho intramolecular Hbond substituents is 2. The third-order valence-electron chi connectivity index (χ3n) is 7.80. The molecule has 57 heavy (non-hydrogen) atoms. The summed E-state index contributed by atoms with van der Waals surface area (Å²) in [6, 6.07) is 15.2. The molecule has 0 saturated carbocycles. The fourth-order valence-electron chi connectivity index (χ4n) is 4.53. The van der Waals surface area contributed by atoms with Crippen molar-refractivity contribution in [1.82, 2.24) is 16.3 Å². The Morgan fingerprint density at radius 3 is 1.39 bits per heavy atom. The number of carbonyl (C=O) groups excluding carboxylic acids is 3. The maximum atomic E-state index is 12.4. The van der Waals surface area contributed by atoms with Crippen LogP contribution in [0.2, 0.25) is 10.0 Å². The number of carboxylic acids is 1. The third kappa shape index (κ3) is 13.6. The molecule has 0 radical (unpaired) electrons. The van der Waals surface area contributed by atoms with Crippen molar-refractivity contribution in [2.45, 2.75) is 52.0 Å². The minimum atomic E-state index is -1.16. The van der Waals surface area contributed by atoms with Gasteiger partial charge in [0.25, 0.3) is 17.7 Å². The van der Waals surface area contributed by atoms with Gasteiger partial charge in [-0.2, -0.15) is 0 Å². The summed E-state index contributed by atoms with van der Waals surface area (Å²) in [5, 5.41) is 52.5. The summed E-state index contributed by atoms with van der Waals surface area (Å²) in [7, 11) is 0. The van der Waals surface area contributed by atoms with E-state index in [-0.39, 0.29) is 38.7 Å². The summed E-state index contributed by atoms with van der Waals surface area (Å²) >= 11 is 12.1. The van der Waals surface area contributed by atoms with Crippen LogP contribution in [0.25, 0.3) is 9.69 Å². The van der Waals surface area contributed by atoms with Crippen LogP contribution in [0, 0.1) is 27.0 Å². The molecule has 0 aliphatic rings. The lowest BCUT2D eigenvalue weighted by molar-refractivity contribution is -0.140. The second-order valence-electron chi connectivity index (χ2n) is 11.9. The first-order valence-electron chi connectivity index (χ1n) is 16.5. The van der Waals surface area contributed by atoms with Crippen LogP contribution in [0.15, 0.2) is 72.8 Å². The Labute approximate surface area is 337 Å². The van der Waals surface area contributed by atoms with Gasteiger partial charge in [0.15, 0.2) is 6.04 Å². The fourth-order valence-corrected chi connectivity index (χ4v) is 4.95. The fraction of sp³-hybridized carbons (Fsp3) is 0.211. The molecule has 4 atom stereocenters. The molecular formula is C38H40Cl2N8O9. The summed E-state index contributed by atoms with van der Waals surface area (Å²) in [5.74, 6) is 2.23. The van der Waals surface area contributed by atoms with E-state index >= 15 is 0 Å². The molecule has 0 aromatic heterocycles. The van der Waals surface area contributed by atoms with Crippen LogP contribution in [-0.4, -0.2) is 73.5 Å². The Morgan fingerprint density at radius 2 is 1.04 bits per heavy atom. The number of rotatable bonds is 10. The summed E-state index contributed by atoms with van der Waals surface area (Å²) < 4.78 is 0. The van der Waals surface area contributed by atoms with E-state index in [1.165, 1.54) is 74.5 Å². The molecule has 300 valence electrons. The number of phenols is 2. The van der Waals surface area contributed by atoms with Crippen LogP contribution in [0.1, 0.15) is 45.7 Å². The Morgan fingerprint density at radius 1 is 0.649 bits per heavy atom. The van der Waals surface area contributed by atoms with Crippen LogP contribution >= 0.6 is 23.2 Å². The Kier molecular flexibility index (Phi) is 18.0. The van der Waals surface area contributed by atoms with E-state index in [1.807, 2.05) is 5.43 Å². The molecule has 19 heteroatoms. The number of aromatic hydroxyl groups is 2. The smallest absolute Gasteiger partial charge is 0.328 e. The van der Waals surface area contributed by atoms with Crippen molar-refractivity contribution < 1.29 is 44.7 Å². The number of nitrogens with one attached hydrogen (secondary N) is 5.